The SMILES string of the molecule is CSc1cc2c(O)cc3c(c2cc1N1CCOCC1)-c1ccccc1C31CCC(c2ccccc2)(c2ccccc2)CC1. The van der Waals surface area contributed by atoms with E-state index in [1.54, 1.807) is 11.8 Å². The molecule has 8 rings (SSSR count). The summed E-state index contributed by atoms with van der Waals surface area (Å²) < 4.78 is 5.69. The maximum atomic E-state index is 11.7. The second kappa shape index (κ2) is 10.5. The molecule has 5 aromatic rings. The van der Waals surface area contributed by atoms with Crippen LogP contribution in [0.25, 0.3) is 21.9 Å². The van der Waals surface area contributed by atoms with Gasteiger partial charge in [0, 0.05) is 34.2 Å². The number of fused-ring (bicyclic) bond motifs is 7. The molecule has 1 aliphatic heterocycles. The molecular weight excluding hydrogens is 547 g/mol. The van der Waals surface area contributed by atoms with Gasteiger partial charge in [0.05, 0.1) is 18.9 Å². The molecule has 0 unspecified atom stereocenters. The van der Waals surface area contributed by atoms with E-state index in [0.717, 1.165) is 57.4 Å². The van der Waals surface area contributed by atoms with Crippen molar-refractivity contribution in [3.05, 3.63) is 125 Å². The van der Waals surface area contributed by atoms with Crippen LogP contribution in [0.2, 0.25) is 0 Å². The largest absolute Gasteiger partial charge is 0.507 e. The van der Waals surface area contributed by atoms with Gasteiger partial charge in [-0.2, -0.15) is 0 Å². The Morgan fingerprint density at radius 3 is 1.93 bits per heavy atom. The molecule has 4 heteroatoms. The molecule has 1 spiro atoms. The van der Waals surface area contributed by atoms with Gasteiger partial charge in [-0.05, 0) is 88.9 Å². The molecule has 1 N–H and O–H groups in total. The molecule has 2 fully saturated rings. The zero-order chi connectivity index (χ0) is 29.0. The monoisotopic (exact) mass is 583 g/mol. The zero-order valence-electron chi connectivity index (χ0n) is 24.7. The van der Waals surface area contributed by atoms with Gasteiger partial charge < -0.3 is 14.7 Å². The molecule has 0 amide bonds. The number of hydrogen-bond donors (Lipinski definition) is 1. The van der Waals surface area contributed by atoms with Crippen molar-refractivity contribution in [3.63, 3.8) is 0 Å². The van der Waals surface area contributed by atoms with Crippen LogP contribution in [0.1, 0.15) is 47.9 Å². The maximum absolute atomic E-state index is 11.7. The lowest BCUT2D eigenvalue weighted by molar-refractivity contribution is 0.122. The lowest BCUT2D eigenvalue weighted by Gasteiger charge is -2.47. The topological polar surface area (TPSA) is 32.7 Å². The first-order valence-electron chi connectivity index (χ1n) is 15.6. The molecule has 43 heavy (non-hydrogen) atoms. The van der Waals surface area contributed by atoms with E-state index in [4.69, 9.17) is 4.74 Å². The first-order valence-corrected chi connectivity index (χ1v) is 16.8. The fraction of sp³-hybridized carbons (Fsp3) is 0.282. The molecule has 3 nitrogen and oxygen atoms in total. The molecule has 3 aliphatic rings. The van der Waals surface area contributed by atoms with Crippen LogP contribution >= 0.6 is 11.8 Å². The zero-order valence-corrected chi connectivity index (χ0v) is 25.5. The van der Waals surface area contributed by atoms with Crippen molar-refractivity contribution in [2.75, 3.05) is 37.5 Å². The van der Waals surface area contributed by atoms with Crippen LogP contribution in [-0.2, 0) is 15.6 Å². The highest BCUT2D eigenvalue weighted by atomic mass is 32.2. The molecule has 1 saturated heterocycles. The Labute approximate surface area is 258 Å². The van der Waals surface area contributed by atoms with E-state index in [-0.39, 0.29) is 10.8 Å². The fourth-order valence-corrected chi connectivity index (χ4v) is 9.10. The standard InChI is InChI=1S/C39H37NO2S/c1-43-36-25-30-31(24-34(36)40-20-22-42-23-21-40)37-29-14-8-9-15-32(29)39(33(37)26-35(30)41)18-16-38(17-19-39,27-10-4-2-5-11-27)28-12-6-3-7-13-28/h2-15,24-26,41H,16-23H2,1H3. The van der Waals surface area contributed by atoms with Crippen molar-refractivity contribution in [1.82, 2.24) is 0 Å². The molecule has 216 valence electrons. The van der Waals surface area contributed by atoms with Gasteiger partial charge in [0.15, 0.2) is 0 Å². The van der Waals surface area contributed by atoms with Crippen molar-refractivity contribution in [2.24, 2.45) is 0 Å². The summed E-state index contributed by atoms with van der Waals surface area (Å²) in [5, 5.41) is 13.8. The lowest BCUT2D eigenvalue weighted by Crippen LogP contribution is -2.40. The first-order chi connectivity index (χ1) is 21.1. The first kappa shape index (κ1) is 26.9. The van der Waals surface area contributed by atoms with Gasteiger partial charge in [0.25, 0.3) is 0 Å². The third kappa shape index (κ3) is 4.07. The second-order valence-electron chi connectivity index (χ2n) is 12.4. The molecule has 5 aromatic carbocycles. The number of benzene rings is 5. The Kier molecular flexibility index (Phi) is 6.54. The van der Waals surface area contributed by atoms with E-state index in [0.29, 0.717) is 5.75 Å². The average Bonchev–Trinajstić information content (AvgIpc) is 3.34. The number of aromatic hydroxyl groups is 1. The third-order valence-electron chi connectivity index (χ3n) is 10.6. The van der Waals surface area contributed by atoms with E-state index < -0.39 is 0 Å². The number of rotatable bonds is 4. The van der Waals surface area contributed by atoms with Crippen LogP contribution in [0.4, 0.5) is 5.69 Å². The Balaban J connectivity index is 1.31. The van der Waals surface area contributed by atoms with E-state index >= 15 is 0 Å². The minimum absolute atomic E-state index is 0.0267. The Morgan fingerprint density at radius 2 is 1.28 bits per heavy atom. The number of morpholine rings is 1. The molecule has 0 atom stereocenters. The minimum atomic E-state index is -0.123. The van der Waals surface area contributed by atoms with E-state index in [1.807, 2.05) is 0 Å². The minimum Gasteiger partial charge on any atom is -0.507 e. The molecule has 1 heterocycles. The molecule has 0 radical (unpaired) electrons. The summed E-state index contributed by atoms with van der Waals surface area (Å²) in [7, 11) is 0. The van der Waals surface area contributed by atoms with E-state index in [1.165, 1.54) is 49.3 Å². The van der Waals surface area contributed by atoms with Gasteiger partial charge in [-0.1, -0.05) is 84.9 Å². The lowest BCUT2D eigenvalue weighted by atomic mass is 9.56. The van der Waals surface area contributed by atoms with Crippen LogP contribution in [0.3, 0.4) is 0 Å². The van der Waals surface area contributed by atoms with Crippen molar-refractivity contribution in [3.8, 4) is 16.9 Å². The highest BCUT2D eigenvalue weighted by Crippen LogP contribution is 2.62. The normalized spacial score (nSPS) is 18.5. The summed E-state index contributed by atoms with van der Waals surface area (Å²) in [5.41, 5.74) is 9.30. The highest BCUT2D eigenvalue weighted by Gasteiger charge is 2.51. The predicted molar refractivity (Wildman–Crippen MR) is 179 cm³/mol. The number of nitrogens with zero attached hydrogens (tertiary/aromatic N) is 1. The number of hydrogen-bond acceptors (Lipinski definition) is 4. The average molecular weight is 584 g/mol. The van der Waals surface area contributed by atoms with Gasteiger partial charge in [0.1, 0.15) is 5.75 Å². The fourth-order valence-electron chi connectivity index (χ4n) is 8.47. The van der Waals surface area contributed by atoms with Crippen molar-refractivity contribution in [1.29, 1.82) is 0 Å². The molecule has 0 aromatic heterocycles. The van der Waals surface area contributed by atoms with Crippen LogP contribution in [0.5, 0.6) is 5.75 Å². The van der Waals surface area contributed by atoms with Gasteiger partial charge in [-0.25, -0.2) is 0 Å². The third-order valence-corrected chi connectivity index (χ3v) is 11.4. The van der Waals surface area contributed by atoms with Gasteiger partial charge in [-0.15, -0.1) is 11.8 Å². The van der Waals surface area contributed by atoms with Crippen molar-refractivity contribution >= 4 is 28.2 Å². The number of phenols is 1. The summed E-state index contributed by atoms with van der Waals surface area (Å²) >= 11 is 1.76. The smallest absolute Gasteiger partial charge is 0.123 e. The van der Waals surface area contributed by atoms with Crippen LogP contribution < -0.4 is 4.90 Å². The number of thioether (sulfide) groups is 1. The van der Waals surface area contributed by atoms with Crippen LogP contribution in [0.15, 0.2) is 108 Å². The number of phenolic OH excluding ortho intramolecular Hbond substituents is 1. The Bertz CT molecular complexity index is 1760. The van der Waals surface area contributed by atoms with E-state index in [9.17, 15) is 5.11 Å². The van der Waals surface area contributed by atoms with Gasteiger partial charge in [-0.3, -0.25) is 0 Å². The van der Waals surface area contributed by atoms with Crippen molar-refractivity contribution in [2.45, 2.75) is 41.4 Å². The summed E-state index contributed by atoms with van der Waals surface area (Å²) in [5.74, 6) is 0.396. The molecule has 2 aliphatic carbocycles. The summed E-state index contributed by atoms with van der Waals surface area (Å²) in [6.07, 6.45) is 6.31. The quantitative estimate of drug-likeness (QED) is 0.214. The Morgan fingerprint density at radius 1 is 0.674 bits per heavy atom. The Hall–Kier alpha value is -3.73. The maximum Gasteiger partial charge on any atom is 0.123 e. The molecule has 1 saturated carbocycles. The van der Waals surface area contributed by atoms with E-state index in [2.05, 4.69) is 114 Å². The highest BCUT2D eigenvalue weighted by molar-refractivity contribution is 7.98. The summed E-state index contributed by atoms with van der Waals surface area (Å²) in [4.78, 5) is 3.66. The van der Waals surface area contributed by atoms with Gasteiger partial charge in [0.2, 0.25) is 0 Å². The molecular formula is C39H37NO2S. The summed E-state index contributed by atoms with van der Waals surface area (Å²) in [6.45, 7) is 3.28. The second-order valence-corrected chi connectivity index (χ2v) is 13.3. The van der Waals surface area contributed by atoms with Crippen molar-refractivity contribution < 1.29 is 9.84 Å². The van der Waals surface area contributed by atoms with Gasteiger partial charge >= 0.3 is 0 Å². The number of anilines is 1. The summed E-state index contributed by atoms with van der Waals surface area (Å²) in [6, 6.07) is 38.0. The number of ether oxygens (including phenoxy) is 1. The predicted octanol–water partition coefficient (Wildman–Crippen LogP) is 8.93. The van der Waals surface area contributed by atoms with Crippen LogP contribution in [0, 0.1) is 0 Å². The van der Waals surface area contributed by atoms with Crippen LogP contribution in [-0.4, -0.2) is 37.7 Å². The molecule has 0 bridgehead atoms.